The summed E-state index contributed by atoms with van der Waals surface area (Å²) in [6.45, 7) is 6.27. The lowest BCUT2D eigenvalue weighted by Crippen LogP contribution is -2.45. The van der Waals surface area contributed by atoms with E-state index in [-0.39, 0.29) is 35.4 Å². The Labute approximate surface area is 225 Å². The molecule has 0 unspecified atom stereocenters. The molecule has 11 heteroatoms. The first-order valence-electron chi connectivity index (χ1n) is 12.1. The van der Waals surface area contributed by atoms with Crippen LogP contribution in [0.25, 0.3) is 34.7 Å². The van der Waals surface area contributed by atoms with Gasteiger partial charge in [0.25, 0.3) is 0 Å². The maximum Gasteiger partial charge on any atom is 0.327 e. The molecule has 0 amide bonds. The lowest BCUT2D eigenvalue weighted by molar-refractivity contribution is -0.172. The third kappa shape index (κ3) is 6.37. The number of H-pyrrole nitrogens is 1. The quantitative estimate of drug-likeness (QED) is 0.228. The fourth-order valence-electron chi connectivity index (χ4n) is 4.18. The highest BCUT2D eigenvalue weighted by Crippen LogP contribution is 2.33. The van der Waals surface area contributed by atoms with E-state index in [0.717, 1.165) is 10.5 Å². The van der Waals surface area contributed by atoms with Crippen LogP contribution in [0.15, 0.2) is 52.5 Å². The standard InChI is InChI=1S/C27H32ClF2N3O4S/c1-4-33(27(29,30)17-34)12-7-13-37-24-11-10-22(19-8-6-9-21(14-19)38(35,36)5-2)25-23(15-20(28)16-31)18(3)32-26(24)25/h6,8-11,14-16,32,34H,3-5,7,12-13,17,31H2,1-2H3/b20-16+,23-15+. The molecule has 7 nitrogen and oxygen atoms in total. The number of nitrogens with two attached hydrogens (primary N) is 1. The van der Waals surface area contributed by atoms with Gasteiger partial charge in [-0.05, 0) is 47.9 Å². The van der Waals surface area contributed by atoms with Gasteiger partial charge in [0.15, 0.2) is 9.84 Å². The van der Waals surface area contributed by atoms with Crippen LogP contribution in [-0.2, 0) is 9.84 Å². The number of hydrogen-bond donors (Lipinski definition) is 3. The van der Waals surface area contributed by atoms with Gasteiger partial charge in [0.1, 0.15) is 12.4 Å². The molecule has 0 aliphatic heterocycles. The van der Waals surface area contributed by atoms with Gasteiger partial charge in [-0.2, -0.15) is 8.78 Å². The highest BCUT2D eigenvalue weighted by Gasteiger charge is 2.34. The molecule has 38 heavy (non-hydrogen) atoms. The van der Waals surface area contributed by atoms with Crippen molar-refractivity contribution in [3.8, 4) is 16.9 Å². The number of alkyl halides is 2. The van der Waals surface area contributed by atoms with Gasteiger partial charge in [-0.25, -0.2) is 13.3 Å². The molecule has 0 saturated carbocycles. The number of nitrogens with one attached hydrogen (secondary N) is 1. The number of hydrogen-bond acceptors (Lipinski definition) is 6. The van der Waals surface area contributed by atoms with Crippen LogP contribution in [-0.4, -0.2) is 61.5 Å². The predicted octanol–water partition coefficient (Wildman–Crippen LogP) is 3.53. The number of allylic oxidation sites excluding steroid dienone is 1. The number of nitrogens with zero attached hydrogens (tertiary/aromatic N) is 1. The Morgan fingerprint density at radius 2 is 2.03 bits per heavy atom. The highest BCUT2D eigenvalue weighted by molar-refractivity contribution is 7.91. The first-order chi connectivity index (χ1) is 18.0. The SMILES string of the molecule is C=c1[nH]c2c(OCCCN(CC)C(F)(F)CO)ccc(-c3cccc(S(=O)(=O)CC)c3)c2/c1=C/C(Cl)=C\N. The molecule has 0 aliphatic rings. The van der Waals surface area contributed by atoms with Crippen LogP contribution >= 0.6 is 11.6 Å². The third-order valence-corrected chi connectivity index (χ3v) is 8.19. The second-order valence-electron chi connectivity index (χ2n) is 8.61. The van der Waals surface area contributed by atoms with Crippen molar-refractivity contribution in [3.63, 3.8) is 0 Å². The van der Waals surface area contributed by atoms with Crippen molar-refractivity contribution in [1.82, 2.24) is 9.88 Å². The number of halogens is 3. The summed E-state index contributed by atoms with van der Waals surface area (Å²) >= 11 is 6.21. The Morgan fingerprint density at radius 3 is 2.66 bits per heavy atom. The molecule has 0 fully saturated rings. The summed E-state index contributed by atoms with van der Waals surface area (Å²) in [4.78, 5) is 4.31. The molecule has 0 saturated heterocycles. The first kappa shape index (κ1) is 29.6. The molecule has 0 aliphatic carbocycles. The second kappa shape index (κ2) is 12.3. The highest BCUT2D eigenvalue weighted by atomic mass is 35.5. The molecular weight excluding hydrogens is 536 g/mol. The molecule has 0 bridgehead atoms. The number of aliphatic hydroxyl groups is 1. The van der Waals surface area contributed by atoms with E-state index in [4.69, 9.17) is 27.2 Å². The van der Waals surface area contributed by atoms with Crippen LogP contribution in [0.2, 0.25) is 0 Å². The largest absolute Gasteiger partial charge is 0.491 e. The average Bonchev–Trinajstić information content (AvgIpc) is 3.24. The zero-order valence-corrected chi connectivity index (χ0v) is 22.9. The fraction of sp³-hybridized carbons (Fsp3) is 0.333. The predicted molar refractivity (Wildman–Crippen MR) is 148 cm³/mol. The minimum atomic E-state index is -3.43. The summed E-state index contributed by atoms with van der Waals surface area (Å²) in [5.74, 6) is 0.442. The van der Waals surface area contributed by atoms with E-state index < -0.39 is 22.5 Å². The second-order valence-corrected chi connectivity index (χ2v) is 11.3. The number of sulfone groups is 1. The van der Waals surface area contributed by atoms with Crippen LogP contribution in [0, 0.1) is 0 Å². The van der Waals surface area contributed by atoms with Gasteiger partial charge >= 0.3 is 6.05 Å². The van der Waals surface area contributed by atoms with Crippen LogP contribution in [0.1, 0.15) is 20.3 Å². The molecule has 3 aromatic rings. The van der Waals surface area contributed by atoms with E-state index in [1.165, 1.54) is 6.20 Å². The van der Waals surface area contributed by atoms with E-state index in [1.54, 1.807) is 50.3 Å². The van der Waals surface area contributed by atoms with E-state index in [9.17, 15) is 17.2 Å². The van der Waals surface area contributed by atoms with Crippen molar-refractivity contribution >= 4 is 45.0 Å². The van der Waals surface area contributed by atoms with Crippen molar-refractivity contribution in [3.05, 3.63) is 58.2 Å². The number of aromatic nitrogens is 1. The topological polar surface area (TPSA) is 109 Å². The minimum absolute atomic E-state index is 0.0263. The number of benzene rings is 2. The van der Waals surface area contributed by atoms with Crippen LogP contribution in [0.4, 0.5) is 8.78 Å². The van der Waals surface area contributed by atoms with Gasteiger partial charge in [-0.3, -0.25) is 0 Å². The number of aliphatic hydroxyl groups excluding tert-OH is 1. The number of ether oxygens (including phenoxy) is 1. The van der Waals surface area contributed by atoms with Crippen molar-refractivity contribution in [2.75, 3.05) is 32.1 Å². The number of aromatic amines is 1. The lowest BCUT2D eigenvalue weighted by Gasteiger charge is -2.28. The normalized spacial score (nSPS) is 13.6. The summed E-state index contributed by atoms with van der Waals surface area (Å²) in [5, 5.41) is 11.1. The third-order valence-electron chi connectivity index (χ3n) is 6.23. The molecule has 0 radical (unpaired) electrons. The van der Waals surface area contributed by atoms with Crippen molar-refractivity contribution < 1.29 is 27.0 Å². The Morgan fingerprint density at radius 1 is 1.29 bits per heavy atom. The molecule has 206 valence electrons. The molecule has 4 N–H and O–H groups in total. The first-order valence-corrected chi connectivity index (χ1v) is 14.1. The van der Waals surface area contributed by atoms with Crippen molar-refractivity contribution in [1.29, 1.82) is 0 Å². The lowest BCUT2D eigenvalue weighted by atomic mass is 10.00. The van der Waals surface area contributed by atoms with Gasteiger partial charge in [0.05, 0.1) is 27.8 Å². The fourth-order valence-corrected chi connectivity index (χ4v) is 5.21. The molecular formula is C27H32ClF2N3O4S. The summed E-state index contributed by atoms with van der Waals surface area (Å²) < 4.78 is 58.7. The van der Waals surface area contributed by atoms with Crippen LogP contribution in [0.5, 0.6) is 5.75 Å². The van der Waals surface area contributed by atoms with E-state index in [0.29, 0.717) is 39.2 Å². The van der Waals surface area contributed by atoms with E-state index in [2.05, 4.69) is 11.6 Å². The maximum absolute atomic E-state index is 13.8. The molecule has 0 spiro atoms. The van der Waals surface area contributed by atoms with Crippen LogP contribution < -0.4 is 21.0 Å². The Bertz CT molecular complexity index is 1540. The van der Waals surface area contributed by atoms with Gasteiger partial charge < -0.3 is 20.6 Å². The molecule has 1 aromatic heterocycles. The molecule has 2 aromatic carbocycles. The van der Waals surface area contributed by atoms with Crippen molar-refractivity contribution in [2.45, 2.75) is 31.2 Å². The zero-order valence-electron chi connectivity index (χ0n) is 21.3. The van der Waals surface area contributed by atoms with Crippen LogP contribution in [0.3, 0.4) is 0 Å². The average molecular weight is 568 g/mol. The summed E-state index contributed by atoms with van der Waals surface area (Å²) in [5.41, 5.74) is 7.57. The number of rotatable bonds is 12. The monoisotopic (exact) mass is 567 g/mol. The van der Waals surface area contributed by atoms with Gasteiger partial charge in [0, 0.05) is 35.2 Å². The van der Waals surface area contributed by atoms with E-state index >= 15 is 0 Å². The minimum Gasteiger partial charge on any atom is -0.491 e. The smallest absolute Gasteiger partial charge is 0.327 e. The Kier molecular flexibility index (Phi) is 9.59. The Hall–Kier alpha value is -2.92. The number of likely N-dealkylation sites (N-methyl/N-ethyl adjacent to an activating group) is 1. The summed E-state index contributed by atoms with van der Waals surface area (Å²) in [6, 6.07) is 6.91. The van der Waals surface area contributed by atoms with Gasteiger partial charge in [-0.15, -0.1) is 0 Å². The Balaban J connectivity index is 2.07. The summed E-state index contributed by atoms with van der Waals surface area (Å²) in [7, 11) is -3.43. The summed E-state index contributed by atoms with van der Waals surface area (Å²) in [6.07, 6.45) is 3.19. The van der Waals surface area contributed by atoms with Crippen molar-refractivity contribution in [2.24, 2.45) is 5.73 Å². The zero-order chi connectivity index (χ0) is 28.1. The van der Waals surface area contributed by atoms with Gasteiger partial charge in [-0.1, -0.05) is 44.2 Å². The van der Waals surface area contributed by atoms with Gasteiger partial charge in [0.2, 0.25) is 0 Å². The van der Waals surface area contributed by atoms with E-state index in [1.807, 2.05) is 6.07 Å². The number of fused-ring (bicyclic) bond motifs is 1. The molecule has 3 rings (SSSR count). The molecule has 0 atom stereocenters. The molecule has 1 heterocycles. The maximum atomic E-state index is 13.8.